The average Bonchev–Trinajstić information content (AvgIpc) is 3.02. The molecule has 0 aromatic heterocycles. The highest BCUT2D eigenvalue weighted by Gasteiger charge is 2.33. The molecular weight excluding hydrogens is 363 g/mol. The van der Waals surface area contributed by atoms with Gasteiger partial charge in [0.15, 0.2) is 5.17 Å². The highest BCUT2D eigenvalue weighted by Crippen LogP contribution is 2.33. The maximum absolute atomic E-state index is 12.9. The monoisotopic (exact) mass is 392 g/mol. The molecule has 2 aliphatic heterocycles. The number of hydrogen-bond donors (Lipinski definition) is 1. The van der Waals surface area contributed by atoms with E-state index in [1.54, 1.807) is 12.1 Å². The summed E-state index contributed by atoms with van der Waals surface area (Å²) >= 11 is 1.85. The molecule has 7 heteroatoms. The normalized spacial score (nSPS) is 21.0. The van der Waals surface area contributed by atoms with Crippen molar-refractivity contribution in [1.29, 1.82) is 0 Å². The van der Waals surface area contributed by atoms with Crippen molar-refractivity contribution in [1.82, 2.24) is 15.1 Å². The number of thioether (sulfide) groups is 1. The van der Waals surface area contributed by atoms with Crippen LogP contribution < -0.4 is 5.32 Å². The number of nitrogens with zero attached hydrogens (tertiary/aromatic N) is 3. The summed E-state index contributed by atoms with van der Waals surface area (Å²) in [6.45, 7) is 11.4. The van der Waals surface area contributed by atoms with Gasteiger partial charge in [0.1, 0.15) is 5.82 Å². The lowest BCUT2D eigenvalue weighted by molar-refractivity contribution is -0.126. The fourth-order valence-corrected chi connectivity index (χ4v) is 4.39. The number of hydrogen-bond acceptors (Lipinski definition) is 5. The number of carbonyl (C=O) groups excluding carboxylic acids is 1. The van der Waals surface area contributed by atoms with E-state index in [9.17, 15) is 9.18 Å². The lowest BCUT2D eigenvalue weighted by Gasteiger charge is -2.38. The first-order valence-corrected chi connectivity index (χ1v) is 10.4. The number of amidine groups is 1. The summed E-state index contributed by atoms with van der Waals surface area (Å²) in [4.78, 5) is 21.7. The van der Waals surface area contributed by atoms with Gasteiger partial charge in [-0.2, -0.15) is 0 Å². The molecule has 5 nitrogen and oxygen atoms in total. The Morgan fingerprint density at radius 2 is 1.93 bits per heavy atom. The van der Waals surface area contributed by atoms with Gasteiger partial charge in [0, 0.05) is 37.5 Å². The van der Waals surface area contributed by atoms with E-state index in [1.165, 1.54) is 12.1 Å². The second kappa shape index (κ2) is 8.61. The Balaban J connectivity index is 1.40. The molecule has 27 heavy (non-hydrogen) atoms. The van der Waals surface area contributed by atoms with Crippen molar-refractivity contribution >= 4 is 22.8 Å². The molecule has 1 amide bonds. The summed E-state index contributed by atoms with van der Waals surface area (Å²) < 4.78 is 13.1. The smallest absolute Gasteiger partial charge is 0.237 e. The number of amides is 1. The van der Waals surface area contributed by atoms with Crippen LogP contribution in [-0.2, 0) is 11.2 Å². The fourth-order valence-electron chi connectivity index (χ4n) is 3.33. The third-order valence-electron chi connectivity index (χ3n) is 5.10. The maximum atomic E-state index is 12.9. The zero-order valence-corrected chi connectivity index (χ0v) is 17.2. The first-order chi connectivity index (χ1) is 12.8. The molecule has 0 spiro atoms. The van der Waals surface area contributed by atoms with Gasteiger partial charge in [-0.15, -0.1) is 0 Å². The van der Waals surface area contributed by atoms with E-state index in [4.69, 9.17) is 0 Å². The molecule has 0 saturated carbocycles. The second-order valence-electron chi connectivity index (χ2n) is 7.83. The number of aliphatic imine (C=N–C) groups is 1. The number of carbonyl (C=O) groups is 1. The van der Waals surface area contributed by atoms with E-state index in [0.29, 0.717) is 13.0 Å². The van der Waals surface area contributed by atoms with Crippen LogP contribution in [0.3, 0.4) is 0 Å². The van der Waals surface area contributed by atoms with Crippen LogP contribution in [0.4, 0.5) is 4.39 Å². The van der Waals surface area contributed by atoms with Gasteiger partial charge in [0.25, 0.3) is 0 Å². The largest absolute Gasteiger partial charge is 0.354 e. The maximum Gasteiger partial charge on any atom is 0.237 e. The van der Waals surface area contributed by atoms with Crippen LogP contribution in [-0.4, -0.2) is 70.9 Å². The molecule has 3 rings (SSSR count). The van der Waals surface area contributed by atoms with Gasteiger partial charge in [-0.05, 0) is 44.9 Å². The van der Waals surface area contributed by atoms with Crippen LogP contribution in [0.1, 0.15) is 26.3 Å². The molecule has 1 fully saturated rings. The van der Waals surface area contributed by atoms with Crippen molar-refractivity contribution in [3.63, 3.8) is 0 Å². The Labute approximate surface area is 165 Å². The number of nitrogens with one attached hydrogen (secondary N) is 1. The van der Waals surface area contributed by atoms with Crippen LogP contribution in [0.25, 0.3) is 0 Å². The van der Waals surface area contributed by atoms with Crippen LogP contribution in [0.2, 0.25) is 0 Å². The summed E-state index contributed by atoms with van der Waals surface area (Å²) in [6.07, 6.45) is 0.708. The molecular formula is C20H29FN4OS. The first kappa shape index (κ1) is 20.1. The summed E-state index contributed by atoms with van der Waals surface area (Å²) in [6, 6.07) is 6.28. The molecule has 1 aromatic carbocycles. The van der Waals surface area contributed by atoms with Gasteiger partial charge in [-0.25, -0.2) is 4.39 Å². The molecule has 2 heterocycles. The topological polar surface area (TPSA) is 47.9 Å². The number of rotatable bonds is 5. The highest BCUT2D eigenvalue weighted by molar-refractivity contribution is 8.15. The summed E-state index contributed by atoms with van der Waals surface area (Å²) in [5, 5.41) is 4.15. The standard InChI is InChI=1S/C20H29FN4OS/c1-15(18(26)22-9-8-16-4-6-17(21)7-5-16)24-10-12-25(13-11-24)19-23-14-20(2,3)27-19/h4-7,15H,8-14H2,1-3H3,(H,22,26). The minimum absolute atomic E-state index is 0.0549. The van der Waals surface area contributed by atoms with Crippen LogP contribution in [0.5, 0.6) is 0 Å². The Bertz CT molecular complexity index is 684. The number of benzene rings is 1. The SMILES string of the molecule is CC(C(=O)NCCc1ccc(F)cc1)N1CCN(C2=NCC(C)(C)S2)CC1. The van der Waals surface area contributed by atoms with Gasteiger partial charge < -0.3 is 10.2 Å². The van der Waals surface area contributed by atoms with Gasteiger partial charge in [-0.3, -0.25) is 14.7 Å². The highest BCUT2D eigenvalue weighted by atomic mass is 32.2. The molecule has 148 valence electrons. The van der Waals surface area contributed by atoms with Gasteiger partial charge in [-0.1, -0.05) is 23.9 Å². The Morgan fingerprint density at radius 1 is 1.26 bits per heavy atom. The van der Waals surface area contributed by atoms with Crippen molar-refractivity contribution < 1.29 is 9.18 Å². The van der Waals surface area contributed by atoms with Crippen LogP contribution in [0, 0.1) is 5.82 Å². The molecule has 0 aliphatic carbocycles. The Hall–Kier alpha value is -1.60. The van der Waals surface area contributed by atoms with Gasteiger partial charge in [0.05, 0.1) is 12.6 Å². The average molecular weight is 393 g/mol. The minimum atomic E-state index is -0.235. The Morgan fingerprint density at radius 3 is 2.52 bits per heavy atom. The molecule has 1 N–H and O–H groups in total. The predicted molar refractivity (Wildman–Crippen MR) is 110 cm³/mol. The third kappa shape index (κ3) is 5.45. The van der Waals surface area contributed by atoms with Crippen molar-refractivity contribution in [2.75, 3.05) is 39.3 Å². The van der Waals surface area contributed by atoms with E-state index in [2.05, 4.69) is 34.0 Å². The molecule has 0 bridgehead atoms. The van der Waals surface area contributed by atoms with Crippen molar-refractivity contribution in [2.24, 2.45) is 4.99 Å². The molecule has 1 atom stereocenters. The van der Waals surface area contributed by atoms with E-state index in [0.717, 1.165) is 43.5 Å². The second-order valence-corrected chi connectivity index (χ2v) is 9.50. The summed E-state index contributed by atoms with van der Waals surface area (Å²) in [7, 11) is 0. The van der Waals surface area contributed by atoms with E-state index in [-0.39, 0.29) is 22.5 Å². The summed E-state index contributed by atoms with van der Waals surface area (Å²) in [5.41, 5.74) is 1.02. The van der Waals surface area contributed by atoms with Crippen LogP contribution >= 0.6 is 11.8 Å². The molecule has 2 aliphatic rings. The fraction of sp³-hybridized carbons (Fsp3) is 0.600. The number of halogens is 1. The first-order valence-electron chi connectivity index (χ1n) is 9.59. The zero-order chi connectivity index (χ0) is 19.4. The lowest BCUT2D eigenvalue weighted by atomic mass is 10.1. The van der Waals surface area contributed by atoms with Gasteiger partial charge >= 0.3 is 0 Å². The van der Waals surface area contributed by atoms with E-state index in [1.807, 2.05) is 18.7 Å². The number of piperazine rings is 1. The minimum Gasteiger partial charge on any atom is -0.354 e. The predicted octanol–water partition coefficient (Wildman–Crippen LogP) is 2.37. The zero-order valence-electron chi connectivity index (χ0n) is 16.4. The van der Waals surface area contributed by atoms with Crippen molar-refractivity contribution in [3.8, 4) is 0 Å². The Kier molecular flexibility index (Phi) is 6.42. The molecule has 1 unspecified atom stereocenters. The lowest BCUT2D eigenvalue weighted by Crippen LogP contribution is -2.54. The third-order valence-corrected chi connectivity index (χ3v) is 6.35. The molecule has 0 radical (unpaired) electrons. The summed E-state index contributed by atoms with van der Waals surface area (Å²) in [5.74, 6) is -0.180. The quantitative estimate of drug-likeness (QED) is 0.836. The van der Waals surface area contributed by atoms with Crippen molar-refractivity contribution in [2.45, 2.75) is 38.0 Å². The van der Waals surface area contributed by atoms with Crippen molar-refractivity contribution in [3.05, 3.63) is 35.6 Å². The van der Waals surface area contributed by atoms with Gasteiger partial charge in [0.2, 0.25) is 5.91 Å². The van der Waals surface area contributed by atoms with E-state index >= 15 is 0 Å². The van der Waals surface area contributed by atoms with Crippen LogP contribution in [0.15, 0.2) is 29.3 Å². The molecule has 1 saturated heterocycles. The molecule has 1 aromatic rings. The van der Waals surface area contributed by atoms with E-state index < -0.39 is 0 Å².